The fraction of sp³-hybridized carbons (Fsp3) is 0.143. The number of aryl methyl sites for hydroxylation is 2. The average Bonchev–Trinajstić information content (AvgIpc) is 3.17. The highest BCUT2D eigenvalue weighted by atomic mass is 35.5. The van der Waals surface area contributed by atoms with Gasteiger partial charge in [0.25, 0.3) is 22.9 Å². The molecule has 0 fully saturated rings. The molecule has 2 aromatic heterocycles. The Kier molecular flexibility index (Phi) is 13.3. The molecule has 0 aliphatic carbocycles. The standard InChI is InChI=1S/2C21H16ClF3N2O2/c1-13-9-10-17(19(28)26-12-14-5-2-3-8-18(14)22)20(29)27(13)16-7-4-6-15(11-16)21(23,24)25;1-13-5-10-18(19(28)26-12-14-6-8-16(22)9-7-14)20(29)27(13)17-4-2-3-15(11-17)21(23,24)25/h2*2-11H,12H2,1H3,(H,26,28). The predicted octanol–water partition coefficient (Wildman–Crippen LogP) is 9.50. The highest BCUT2D eigenvalue weighted by Gasteiger charge is 2.32. The van der Waals surface area contributed by atoms with E-state index in [1.807, 2.05) is 0 Å². The molecule has 0 spiro atoms. The molecule has 0 bridgehead atoms. The summed E-state index contributed by atoms with van der Waals surface area (Å²) in [7, 11) is 0. The van der Waals surface area contributed by atoms with E-state index in [-0.39, 0.29) is 35.6 Å². The lowest BCUT2D eigenvalue weighted by Gasteiger charge is -2.14. The Bertz CT molecular complexity index is 2590. The van der Waals surface area contributed by atoms with Gasteiger partial charge in [-0.25, -0.2) is 0 Å². The van der Waals surface area contributed by atoms with Gasteiger partial charge in [0.2, 0.25) is 0 Å². The van der Waals surface area contributed by atoms with E-state index in [1.165, 1.54) is 48.5 Å². The number of halogens is 8. The van der Waals surface area contributed by atoms with Gasteiger partial charge in [-0.2, -0.15) is 26.3 Å². The monoisotopic (exact) mass is 840 g/mol. The topological polar surface area (TPSA) is 102 Å². The van der Waals surface area contributed by atoms with E-state index < -0.39 is 46.4 Å². The predicted molar refractivity (Wildman–Crippen MR) is 209 cm³/mol. The SMILES string of the molecule is Cc1ccc(C(=O)NCc2ccc(Cl)cc2)c(=O)n1-c1cccc(C(F)(F)F)c1.Cc1ccc(C(=O)NCc2ccccc2Cl)c(=O)n1-c1cccc(C(F)(F)F)c1. The maximum atomic E-state index is 13.0. The highest BCUT2D eigenvalue weighted by molar-refractivity contribution is 6.31. The second kappa shape index (κ2) is 18.0. The van der Waals surface area contributed by atoms with Crippen LogP contribution in [-0.2, 0) is 25.4 Å². The van der Waals surface area contributed by atoms with Gasteiger partial charge in [-0.1, -0.05) is 65.7 Å². The zero-order chi connectivity index (χ0) is 42.4. The minimum Gasteiger partial charge on any atom is -0.348 e. The van der Waals surface area contributed by atoms with Crippen LogP contribution in [0.4, 0.5) is 26.3 Å². The quantitative estimate of drug-likeness (QED) is 0.149. The molecule has 2 heterocycles. The Hall–Kier alpha value is -6.12. The number of pyridine rings is 2. The van der Waals surface area contributed by atoms with E-state index in [9.17, 15) is 45.5 Å². The maximum absolute atomic E-state index is 13.0. The van der Waals surface area contributed by atoms with Crippen molar-refractivity contribution in [3.63, 3.8) is 0 Å². The van der Waals surface area contributed by atoms with Gasteiger partial charge in [0, 0.05) is 45.9 Å². The summed E-state index contributed by atoms with van der Waals surface area (Å²) in [6, 6.07) is 28.3. The molecule has 2 N–H and O–H groups in total. The summed E-state index contributed by atoms with van der Waals surface area (Å²) < 4.78 is 80.3. The third-order valence-electron chi connectivity index (χ3n) is 8.67. The number of nitrogens with zero attached hydrogens (tertiary/aromatic N) is 2. The molecular weight excluding hydrogens is 809 g/mol. The van der Waals surface area contributed by atoms with Crippen molar-refractivity contribution in [2.24, 2.45) is 0 Å². The molecule has 0 atom stereocenters. The molecule has 8 nitrogen and oxygen atoms in total. The molecule has 0 saturated carbocycles. The lowest BCUT2D eigenvalue weighted by atomic mass is 10.1. The first-order valence-electron chi connectivity index (χ1n) is 17.2. The molecule has 0 aliphatic heterocycles. The third-order valence-corrected chi connectivity index (χ3v) is 9.29. The Labute approximate surface area is 337 Å². The van der Waals surface area contributed by atoms with Crippen LogP contribution < -0.4 is 21.8 Å². The van der Waals surface area contributed by atoms with Crippen molar-refractivity contribution >= 4 is 35.0 Å². The number of hydrogen-bond donors (Lipinski definition) is 2. The summed E-state index contributed by atoms with van der Waals surface area (Å²) in [6.45, 7) is 3.44. The number of hydrogen-bond acceptors (Lipinski definition) is 4. The lowest BCUT2D eigenvalue weighted by Crippen LogP contribution is -2.33. The highest BCUT2D eigenvalue weighted by Crippen LogP contribution is 2.31. The molecule has 2 amide bonds. The zero-order valence-corrected chi connectivity index (χ0v) is 32.0. The lowest BCUT2D eigenvalue weighted by molar-refractivity contribution is -0.138. The number of rotatable bonds is 8. The molecule has 4 aromatic carbocycles. The summed E-state index contributed by atoms with van der Waals surface area (Å²) in [6.07, 6.45) is -9.08. The Morgan fingerprint density at radius 2 is 1.02 bits per heavy atom. The molecule has 0 unspecified atom stereocenters. The van der Waals surface area contributed by atoms with Gasteiger partial charge in [0.1, 0.15) is 11.1 Å². The van der Waals surface area contributed by atoms with E-state index >= 15 is 0 Å². The van der Waals surface area contributed by atoms with E-state index in [4.69, 9.17) is 23.2 Å². The fourth-order valence-electron chi connectivity index (χ4n) is 5.68. The van der Waals surface area contributed by atoms with Crippen LogP contribution in [0, 0.1) is 13.8 Å². The number of nitrogens with one attached hydrogen (secondary N) is 2. The van der Waals surface area contributed by atoms with Crippen LogP contribution in [0.3, 0.4) is 0 Å². The maximum Gasteiger partial charge on any atom is 0.416 e. The summed E-state index contributed by atoms with van der Waals surface area (Å²) >= 11 is 11.9. The third kappa shape index (κ3) is 10.4. The average molecular weight is 842 g/mol. The Balaban J connectivity index is 0.000000221. The molecular formula is C42H32Cl2F6N4O4. The fourth-order valence-corrected chi connectivity index (χ4v) is 6.01. The number of carbonyl (C=O) groups is 2. The van der Waals surface area contributed by atoms with E-state index in [0.29, 0.717) is 27.0 Å². The zero-order valence-electron chi connectivity index (χ0n) is 30.5. The molecule has 0 aliphatic rings. The van der Waals surface area contributed by atoms with Crippen LogP contribution in [0.1, 0.15) is 54.4 Å². The molecule has 0 saturated heterocycles. The first-order chi connectivity index (χ1) is 27.3. The van der Waals surface area contributed by atoms with Crippen LogP contribution in [0.25, 0.3) is 11.4 Å². The minimum absolute atomic E-state index is 0.0306. The number of amides is 2. The smallest absolute Gasteiger partial charge is 0.348 e. The van der Waals surface area contributed by atoms with Crippen molar-refractivity contribution < 1.29 is 35.9 Å². The van der Waals surface area contributed by atoms with E-state index in [1.54, 1.807) is 62.4 Å². The molecule has 6 aromatic rings. The van der Waals surface area contributed by atoms with Crippen LogP contribution in [0.15, 0.2) is 131 Å². The van der Waals surface area contributed by atoms with Crippen LogP contribution in [0.5, 0.6) is 0 Å². The Morgan fingerprint density at radius 1 is 0.569 bits per heavy atom. The first-order valence-corrected chi connectivity index (χ1v) is 18.0. The molecule has 6 rings (SSSR count). The van der Waals surface area contributed by atoms with Crippen molar-refractivity contribution in [1.29, 1.82) is 0 Å². The number of aromatic nitrogens is 2. The van der Waals surface area contributed by atoms with E-state index in [2.05, 4.69) is 10.6 Å². The summed E-state index contributed by atoms with van der Waals surface area (Å²) in [4.78, 5) is 50.7. The van der Waals surface area contributed by atoms with Gasteiger partial charge in [-0.3, -0.25) is 28.3 Å². The van der Waals surface area contributed by atoms with Gasteiger partial charge >= 0.3 is 12.4 Å². The largest absolute Gasteiger partial charge is 0.416 e. The number of alkyl halides is 6. The molecule has 16 heteroatoms. The second-order valence-electron chi connectivity index (χ2n) is 12.7. The molecule has 300 valence electrons. The van der Waals surface area contributed by atoms with Crippen molar-refractivity contribution in [3.8, 4) is 11.4 Å². The molecule has 58 heavy (non-hydrogen) atoms. The Morgan fingerprint density at radius 3 is 1.47 bits per heavy atom. The van der Waals surface area contributed by atoms with Crippen molar-refractivity contribution in [2.45, 2.75) is 39.3 Å². The van der Waals surface area contributed by atoms with Crippen LogP contribution in [0.2, 0.25) is 10.0 Å². The summed E-state index contributed by atoms with van der Waals surface area (Å²) in [5.74, 6) is -1.26. The van der Waals surface area contributed by atoms with Crippen molar-refractivity contribution in [2.75, 3.05) is 0 Å². The first kappa shape index (κ1) is 43.0. The van der Waals surface area contributed by atoms with Gasteiger partial charge in [0.05, 0.1) is 11.1 Å². The normalized spacial score (nSPS) is 11.3. The van der Waals surface area contributed by atoms with Gasteiger partial charge in [-0.05, 0) is 104 Å². The van der Waals surface area contributed by atoms with Gasteiger partial charge in [-0.15, -0.1) is 0 Å². The minimum atomic E-state index is -4.54. The summed E-state index contributed by atoms with van der Waals surface area (Å²) in [5, 5.41) is 6.28. The van der Waals surface area contributed by atoms with Crippen LogP contribution in [-0.4, -0.2) is 20.9 Å². The second-order valence-corrected chi connectivity index (χ2v) is 13.6. The van der Waals surface area contributed by atoms with Crippen molar-refractivity contribution in [1.82, 2.24) is 19.8 Å². The molecule has 0 radical (unpaired) electrons. The van der Waals surface area contributed by atoms with Crippen molar-refractivity contribution in [3.05, 3.63) is 197 Å². The van der Waals surface area contributed by atoms with Gasteiger partial charge in [0.15, 0.2) is 0 Å². The van der Waals surface area contributed by atoms with E-state index in [0.717, 1.165) is 39.0 Å². The number of carbonyl (C=O) groups excluding carboxylic acids is 2. The summed E-state index contributed by atoms with van der Waals surface area (Å²) in [5.41, 5.74) is -1.17. The van der Waals surface area contributed by atoms with Gasteiger partial charge < -0.3 is 10.6 Å². The van der Waals surface area contributed by atoms with Crippen LogP contribution >= 0.6 is 23.2 Å². The number of benzene rings is 4.